The molecular formula is C24H26N6. The number of para-hydroxylation sites is 1. The molecule has 0 amide bonds. The largest absolute Gasteiger partial charge is 0.341 e. The third-order valence-electron chi connectivity index (χ3n) is 5.54. The molecule has 4 aromatic rings. The first kappa shape index (κ1) is 18.6. The van der Waals surface area contributed by atoms with E-state index in [1.807, 2.05) is 41.2 Å². The van der Waals surface area contributed by atoms with Gasteiger partial charge in [0.05, 0.1) is 17.3 Å². The molecule has 1 fully saturated rings. The molecule has 1 saturated heterocycles. The van der Waals surface area contributed by atoms with E-state index in [-0.39, 0.29) is 0 Å². The number of nitrogens with one attached hydrogen (secondary N) is 1. The van der Waals surface area contributed by atoms with Crippen LogP contribution in [0.5, 0.6) is 0 Å². The average molecular weight is 399 g/mol. The van der Waals surface area contributed by atoms with Crippen LogP contribution in [0.25, 0.3) is 16.7 Å². The van der Waals surface area contributed by atoms with Gasteiger partial charge in [0, 0.05) is 18.8 Å². The molecule has 152 valence electrons. The zero-order valence-electron chi connectivity index (χ0n) is 17.5. The van der Waals surface area contributed by atoms with Gasteiger partial charge in [-0.25, -0.2) is 4.68 Å². The van der Waals surface area contributed by atoms with Crippen molar-refractivity contribution in [2.45, 2.75) is 33.1 Å². The zero-order valence-corrected chi connectivity index (χ0v) is 17.5. The van der Waals surface area contributed by atoms with Crippen LogP contribution in [-0.4, -0.2) is 32.8 Å². The highest BCUT2D eigenvalue weighted by atomic mass is 15.3. The van der Waals surface area contributed by atoms with Crippen molar-refractivity contribution in [3.8, 4) is 5.69 Å². The van der Waals surface area contributed by atoms with Crippen molar-refractivity contribution in [3.63, 3.8) is 0 Å². The number of nitrogens with zero attached hydrogens (tertiary/aromatic N) is 5. The van der Waals surface area contributed by atoms with Crippen molar-refractivity contribution >= 4 is 28.5 Å². The number of hydrogen-bond acceptors (Lipinski definition) is 5. The number of aromatic nitrogens is 4. The summed E-state index contributed by atoms with van der Waals surface area (Å²) in [6.45, 7) is 6.21. The number of anilines is 3. The van der Waals surface area contributed by atoms with Crippen molar-refractivity contribution < 1.29 is 0 Å². The van der Waals surface area contributed by atoms with Gasteiger partial charge in [-0.05, 0) is 68.5 Å². The van der Waals surface area contributed by atoms with Crippen LogP contribution in [0.2, 0.25) is 0 Å². The topological polar surface area (TPSA) is 58.9 Å². The molecule has 0 saturated carbocycles. The zero-order chi connectivity index (χ0) is 20.5. The fraction of sp³-hybridized carbons (Fsp3) is 0.292. The molecule has 1 aliphatic heterocycles. The van der Waals surface area contributed by atoms with Gasteiger partial charge in [-0.3, -0.25) is 0 Å². The highest BCUT2D eigenvalue weighted by Gasteiger charge is 2.19. The molecule has 0 spiro atoms. The molecule has 0 unspecified atom stereocenters. The average Bonchev–Trinajstić information content (AvgIpc) is 3.19. The number of hydrogen-bond donors (Lipinski definition) is 1. The van der Waals surface area contributed by atoms with Crippen molar-refractivity contribution in [1.82, 2.24) is 19.7 Å². The molecule has 2 aromatic heterocycles. The van der Waals surface area contributed by atoms with Crippen LogP contribution < -0.4 is 10.2 Å². The van der Waals surface area contributed by atoms with E-state index in [0.717, 1.165) is 47.3 Å². The summed E-state index contributed by atoms with van der Waals surface area (Å²) in [4.78, 5) is 12.2. The lowest BCUT2D eigenvalue weighted by atomic mass is 10.1. The van der Waals surface area contributed by atoms with E-state index >= 15 is 0 Å². The Balaban J connectivity index is 1.65. The minimum Gasteiger partial charge on any atom is -0.341 e. The highest BCUT2D eigenvalue weighted by Crippen LogP contribution is 2.29. The highest BCUT2D eigenvalue weighted by molar-refractivity contribution is 5.90. The minimum absolute atomic E-state index is 0.770. The molecular weight excluding hydrogens is 372 g/mol. The van der Waals surface area contributed by atoms with E-state index in [1.54, 1.807) is 0 Å². The summed E-state index contributed by atoms with van der Waals surface area (Å²) in [6, 6.07) is 16.6. The molecule has 0 aliphatic carbocycles. The third-order valence-corrected chi connectivity index (χ3v) is 5.54. The molecule has 0 radical (unpaired) electrons. The minimum atomic E-state index is 0.770. The molecule has 0 bridgehead atoms. The molecule has 5 rings (SSSR count). The first-order valence-corrected chi connectivity index (χ1v) is 10.6. The second-order valence-corrected chi connectivity index (χ2v) is 8.05. The number of aryl methyl sites for hydroxylation is 2. The normalized spacial score (nSPS) is 14.3. The van der Waals surface area contributed by atoms with Gasteiger partial charge in [-0.1, -0.05) is 24.3 Å². The Morgan fingerprint density at radius 3 is 2.33 bits per heavy atom. The van der Waals surface area contributed by atoms with Crippen molar-refractivity contribution in [1.29, 1.82) is 0 Å². The van der Waals surface area contributed by atoms with E-state index in [1.165, 1.54) is 30.4 Å². The first-order chi connectivity index (χ1) is 14.7. The quantitative estimate of drug-likeness (QED) is 0.514. The summed E-state index contributed by atoms with van der Waals surface area (Å²) in [6.07, 6.45) is 5.49. The first-order valence-electron chi connectivity index (χ1n) is 10.6. The molecule has 2 aromatic carbocycles. The Bertz CT molecular complexity index is 1160. The molecule has 6 nitrogen and oxygen atoms in total. The second kappa shape index (κ2) is 7.78. The van der Waals surface area contributed by atoms with Crippen molar-refractivity contribution in [2.75, 3.05) is 23.3 Å². The van der Waals surface area contributed by atoms with Crippen molar-refractivity contribution in [2.24, 2.45) is 0 Å². The van der Waals surface area contributed by atoms with Crippen LogP contribution in [-0.2, 0) is 0 Å². The predicted octanol–water partition coefficient (Wildman–Crippen LogP) is 5.17. The van der Waals surface area contributed by atoms with Gasteiger partial charge >= 0.3 is 0 Å². The standard InChI is InChI=1S/C24H26N6/c1-17-13-18(2)15-19(14-17)26-22-21-16-25-30(20-9-5-3-6-10-20)23(21)28-24(27-22)29-11-7-4-8-12-29/h3,5-6,9-10,13-16H,4,7-8,11-12H2,1-2H3,(H,26,27,28). The van der Waals surface area contributed by atoms with Gasteiger partial charge < -0.3 is 10.2 Å². The van der Waals surface area contributed by atoms with Gasteiger partial charge in [0.2, 0.25) is 5.95 Å². The van der Waals surface area contributed by atoms with E-state index in [9.17, 15) is 0 Å². The second-order valence-electron chi connectivity index (χ2n) is 8.05. The Labute approximate surface area is 176 Å². The Hall–Kier alpha value is -3.41. The Morgan fingerprint density at radius 2 is 1.60 bits per heavy atom. The van der Waals surface area contributed by atoms with Crippen LogP contribution in [0.1, 0.15) is 30.4 Å². The van der Waals surface area contributed by atoms with Crippen LogP contribution in [0, 0.1) is 13.8 Å². The molecule has 1 N–H and O–H groups in total. The van der Waals surface area contributed by atoms with Gasteiger partial charge in [0.15, 0.2) is 5.65 Å². The SMILES string of the molecule is Cc1cc(C)cc(Nc2nc(N3CCCCC3)nc3c2cnn3-c2ccccc2)c1. The summed E-state index contributed by atoms with van der Waals surface area (Å²) in [5.74, 6) is 1.57. The molecule has 0 atom stereocenters. The maximum Gasteiger partial charge on any atom is 0.229 e. The Kier molecular flexibility index (Phi) is 4.83. The lowest BCUT2D eigenvalue weighted by Crippen LogP contribution is -2.31. The molecule has 30 heavy (non-hydrogen) atoms. The van der Waals surface area contributed by atoms with Crippen LogP contribution in [0.3, 0.4) is 0 Å². The van der Waals surface area contributed by atoms with Crippen LogP contribution in [0.15, 0.2) is 54.7 Å². The van der Waals surface area contributed by atoms with E-state index in [4.69, 9.17) is 9.97 Å². The van der Waals surface area contributed by atoms with Gasteiger partial charge in [-0.2, -0.15) is 15.1 Å². The number of rotatable bonds is 4. The fourth-order valence-electron chi connectivity index (χ4n) is 4.17. The van der Waals surface area contributed by atoms with E-state index in [0.29, 0.717) is 0 Å². The number of benzene rings is 2. The lowest BCUT2D eigenvalue weighted by molar-refractivity contribution is 0.569. The predicted molar refractivity (Wildman–Crippen MR) is 122 cm³/mol. The fourth-order valence-corrected chi connectivity index (χ4v) is 4.17. The van der Waals surface area contributed by atoms with Crippen LogP contribution >= 0.6 is 0 Å². The molecule has 3 heterocycles. The van der Waals surface area contributed by atoms with Crippen molar-refractivity contribution in [3.05, 3.63) is 65.9 Å². The summed E-state index contributed by atoms with van der Waals surface area (Å²) in [5, 5.41) is 9.10. The van der Waals surface area contributed by atoms with Gasteiger partial charge in [0.1, 0.15) is 5.82 Å². The van der Waals surface area contributed by atoms with Crippen LogP contribution in [0.4, 0.5) is 17.5 Å². The number of piperidine rings is 1. The maximum atomic E-state index is 4.95. The lowest BCUT2D eigenvalue weighted by Gasteiger charge is -2.27. The Morgan fingerprint density at radius 1 is 0.867 bits per heavy atom. The van der Waals surface area contributed by atoms with Gasteiger partial charge in [-0.15, -0.1) is 0 Å². The summed E-state index contributed by atoms with van der Waals surface area (Å²) in [5.41, 5.74) is 5.29. The summed E-state index contributed by atoms with van der Waals surface area (Å²) >= 11 is 0. The number of fused-ring (bicyclic) bond motifs is 1. The smallest absolute Gasteiger partial charge is 0.229 e. The monoisotopic (exact) mass is 398 g/mol. The van der Waals surface area contributed by atoms with E-state index in [2.05, 4.69) is 47.4 Å². The molecule has 6 heteroatoms. The third kappa shape index (κ3) is 3.61. The summed E-state index contributed by atoms with van der Waals surface area (Å²) in [7, 11) is 0. The van der Waals surface area contributed by atoms with E-state index < -0.39 is 0 Å². The van der Waals surface area contributed by atoms with Gasteiger partial charge in [0.25, 0.3) is 0 Å². The maximum absolute atomic E-state index is 4.95. The molecule has 1 aliphatic rings. The summed E-state index contributed by atoms with van der Waals surface area (Å²) < 4.78 is 1.90.